The zero-order valence-electron chi connectivity index (χ0n) is 13.8. The van der Waals surface area contributed by atoms with Crippen molar-refractivity contribution in [3.05, 3.63) is 59.9 Å². The molecule has 0 aliphatic carbocycles. The largest absolute Gasteiger partial charge is 0.346 e. The number of carbonyl (C=O) groups excluding carboxylic acids is 1. The summed E-state index contributed by atoms with van der Waals surface area (Å²) in [7, 11) is -7.02. The molecule has 1 fully saturated rings. The fourth-order valence-corrected chi connectivity index (χ4v) is 7.13. The molecule has 2 aromatic rings. The molecule has 1 aromatic heterocycles. The molecule has 1 aromatic carbocycles. The molecule has 1 aliphatic heterocycles. The first-order chi connectivity index (χ1) is 12.3. The average Bonchev–Trinajstić information content (AvgIpc) is 3.01. The van der Waals surface area contributed by atoms with Crippen molar-refractivity contribution in [2.45, 2.75) is 23.1 Å². The van der Waals surface area contributed by atoms with Crippen LogP contribution >= 0.6 is 0 Å². The summed E-state index contributed by atoms with van der Waals surface area (Å²) in [5, 5.41) is 1.79. The third-order valence-corrected chi connectivity index (χ3v) is 8.42. The molecule has 9 heteroatoms. The van der Waals surface area contributed by atoms with Crippen LogP contribution in [-0.4, -0.2) is 44.5 Å². The zero-order valence-corrected chi connectivity index (χ0v) is 15.5. The minimum Gasteiger partial charge on any atom is -0.346 e. The van der Waals surface area contributed by atoms with Crippen LogP contribution in [0, 0.1) is 0 Å². The second-order valence-corrected chi connectivity index (χ2v) is 10.6. The summed E-state index contributed by atoms with van der Waals surface area (Å²) >= 11 is 0. The number of rotatable bonds is 5. The molecule has 1 atom stereocenters. The molecular weight excluding hydrogens is 376 g/mol. The lowest BCUT2D eigenvalue weighted by Crippen LogP contribution is -2.24. The highest BCUT2D eigenvalue weighted by Crippen LogP contribution is 2.25. The van der Waals surface area contributed by atoms with Gasteiger partial charge < -0.3 is 5.32 Å². The number of hydrogen-bond acceptors (Lipinski definition) is 6. The van der Waals surface area contributed by atoms with Gasteiger partial charge in [-0.25, -0.2) is 16.8 Å². The van der Waals surface area contributed by atoms with Gasteiger partial charge in [0.15, 0.2) is 19.7 Å². The van der Waals surface area contributed by atoms with E-state index in [1.165, 1.54) is 24.3 Å². The van der Waals surface area contributed by atoms with E-state index in [1.54, 1.807) is 18.3 Å². The number of nitrogens with zero attached hydrogens (tertiary/aromatic N) is 1. The minimum absolute atomic E-state index is 0.0286. The first-order valence-electron chi connectivity index (χ1n) is 8.00. The fraction of sp³-hybridized carbons (Fsp3) is 0.294. The molecule has 0 bridgehead atoms. The summed E-state index contributed by atoms with van der Waals surface area (Å²) in [6, 6.07) is 10.9. The maximum absolute atomic E-state index is 12.5. The van der Waals surface area contributed by atoms with Gasteiger partial charge in [-0.05, 0) is 42.8 Å². The minimum atomic E-state index is -3.73. The number of pyridine rings is 1. The number of carbonyl (C=O) groups is 1. The second-order valence-electron chi connectivity index (χ2n) is 6.10. The van der Waals surface area contributed by atoms with Gasteiger partial charge in [-0.2, -0.15) is 0 Å². The lowest BCUT2D eigenvalue weighted by Gasteiger charge is -2.11. The van der Waals surface area contributed by atoms with Gasteiger partial charge in [0.05, 0.1) is 33.9 Å². The van der Waals surface area contributed by atoms with Gasteiger partial charge in [-0.1, -0.05) is 6.07 Å². The second kappa shape index (κ2) is 7.16. The molecule has 3 rings (SSSR count). The van der Waals surface area contributed by atoms with Crippen LogP contribution in [-0.2, 0) is 26.2 Å². The maximum atomic E-state index is 12.5. The quantitative estimate of drug-likeness (QED) is 0.809. The summed E-state index contributed by atoms with van der Waals surface area (Å²) in [6.07, 6.45) is 1.74. The molecule has 1 unspecified atom stereocenters. The highest BCUT2D eigenvalue weighted by Gasteiger charge is 2.37. The summed E-state index contributed by atoms with van der Waals surface area (Å²) in [5.74, 6) is -0.796. The van der Waals surface area contributed by atoms with Crippen LogP contribution in [0.15, 0.2) is 53.6 Å². The van der Waals surface area contributed by atoms with Crippen molar-refractivity contribution in [1.29, 1.82) is 0 Å². The summed E-state index contributed by atoms with van der Waals surface area (Å²) in [4.78, 5) is 16.3. The summed E-state index contributed by atoms with van der Waals surface area (Å²) in [5.41, 5.74) is 1.03. The first-order valence-corrected chi connectivity index (χ1v) is 11.4. The number of sulfone groups is 2. The Balaban J connectivity index is 1.69. The van der Waals surface area contributed by atoms with Crippen LogP contribution in [0.3, 0.4) is 0 Å². The van der Waals surface area contributed by atoms with E-state index in [2.05, 4.69) is 10.3 Å². The summed E-state index contributed by atoms with van der Waals surface area (Å²) in [6.45, 7) is 0.264. The van der Waals surface area contributed by atoms with E-state index in [0.717, 1.165) is 0 Å². The predicted octanol–water partition coefficient (Wildman–Crippen LogP) is 0.972. The maximum Gasteiger partial charge on any atom is 0.251 e. The molecule has 0 spiro atoms. The number of amides is 1. The van der Waals surface area contributed by atoms with Crippen LogP contribution in [0.2, 0.25) is 0 Å². The molecular formula is C17H18N2O5S2. The fourth-order valence-electron chi connectivity index (χ4n) is 2.77. The van der Waals surface area contributed by atoms with Crippen LogP contribution in [0.5, 0.6) is 0 Å². The van der Waals surface area contributed by atoms with E-state index in [9.17, 15) is 21.6 Å². The summed E-state index contributed by atoms with van der Waals surface area (Å²) < 4.78 is 48.1. The van der Waals surface area contributed by atoms with E-state index >= 15 is 0 Å². The SMILES string of the molecule is O=C(NCc1ccccn1)c1ccc(S(=O)(=O)C2CCS(=O)(=O)C2)cc1. The van der Waals surface area contributed by atoms with Crippen molar-refractivity contribution < 1.29 is 21.6 Å². The van der Waals surface area contributed by atoms with Crippen LogP contribution in [0.1, 0.15) is 22.5 Å². The van der Waals surface area contributed by atoms with E-state index in [-0.39, 0.29) is 35.3 Å². The Morgan fingerprint density at radius 3 is 2.46 bits per heavy atom. The van der Waals surface area contributed by atoms with Crippen molar-refractivity contribution in [1.82, 2.24) is 10.3 Å². The number of hydrogen-bond donors (Lipinski definition) is 1. The van der Waals surface area contributed by atoms with Gasteiger partial charge in [0.1, 0.15) is 0 Å². The Morgan fingerprint density at radius 2 is 1.88 bits per heavy atom. The lowest BCUT2D eigenvalue weighted by atomic mass is 10.2. The molecule has 26 heavy (non-hydrogen) atoms. The molecule has 0 radical (unpaired) electrons. The highest BCUT2D eigenvalue weighted by atomic mass is 32.2. The zero-order chi connectivity index (χ0) is 18.8. The molecule has 138 valence electrons. The normalized spacial score (nSPS) is 19.2. The molecule has 0 saturated carbocycles. The van der Waals surface area contributed by atoms with Gasteiger partial charge in [-0.15, -0.1) is 0 Å². The van der Waals surface area contributed by atoms with Gasteiger partial charge in [0, 0.05) is 11.8 Å². The third kappa shape index (κ3) is 4.10. The molecule has 1 aliphatic rings. The molecule has 1 amide bonds. The Bertz CT molecular complexity index is 1000. The topological polar surface area (TPSA) is 110 Å². The predicted molar refractivity (Wildman–Crippen MR) is 96.1 cm³/mol. The smallest absolute Gasteiger partial charge is 0.251 e. The Hall–Kier alpha value is -2.26. The van der Waals surface area contributed by atoms with Crippen molar-refractivity contribution in [2.24, 2.45) is 0 Å². The highest BCUT2D eigenvalue weighted by molar-refractivity contribution is 7.96. The van der Waals surface area contributed by atoms with Crippen molar-refractivity contribution >= 4 is 25.6 Å². The van der Waals surface area contributed by atoms with E-state index in [1.807, 2.05) is 6.07 Å². The first kappa shape index (κ1) is 18.5. The number of benzene rings is 1. The van der Waals surface area contributed by atoms with Crippen LogP contribution in [0.4, 0.5) is 0 Å². The monoisotopic (exact) mass is 394 g/mol. The van der Waals surface area contributed by atoms with E-state index in [4.69, 9.17) is 0 Å². The Labute approximate surface area is 152 Å². The number of aromatic nitrogens is 1. The standard InChI is InChI=1S/C17H18N2O5S2/c20-17(19-11-14-3-1-2-9-18-14)13-4-6-15(7-5-13)26(23,24)16-8-10-25(21,22)12-16/h1-7,9,16H,8,10-12H2,(H,19,20). The van der Waals surface area contributed by atoms with E-state index < -0.39 is 24.9 Å². The van der Waals surface area contributed by atoms with Crippen LogP contribution in [0.25, 0.3) is 0 Å². The van der Waals surface area contributed by atoms with Gasteiger partial charge in [0.2, 0.25) is 0 Å². The Kier molecular flexibility index (Phi) is 5.10. The van der Waals surface area contributed by atoms with Gasteiger partial charge in [0.25, 0.3) is 5.91 Å². The van der Waals surface area contributed by atoms with Gasteiger partial charge in [-0.3, -0.25) is 9.78 Å². The van der Waals surface area contributed by atoms with E-state index in [0.29, 0.717) is 11.3 Å². The van der Waals surface area contributed by atoms with Gasteiger partial charge >= 0.3 is 0 Å². The number of nitrogens with one attached hydrogen (secondary N) is 1. The molecule has 1 N–H and O–H groups in total. The molecule has 1 saturated heterocycles. The molecule has 2 heterocycles. The molecule has 7 nitrogen and oxygen atoms in total. The lowest BCUT2D eigenvalue weighted by molar-refractivity contribution is 0.0950. The van der Waals surface area contributed by atoms with Crippen molar-refractivity contribution in [2.75, 3.05) is 11.5 Å². The third-order valence-electron chi connectivity index (χ3n) is 4.23. The Morgan fingerprint density at radius 1 is 1.15 bits per heavy atom. The van der Waals surface area contributed by atoms with Crippen molar-refractivity contribution in [3.63, 3.8) is 0 Å². The van der Waals surface area contributed by atoms with Crippen molar-refractivity contribution in [3.8, 4) is 0 Å². The average molecular weight is 394 g/mol. The van der Waals surface area contributed by atoms with Crippen LogP contribution < -0.4 is 5.32 Å².